The number of hydrogen-bond acceptors (Lipinski definition) is 6. The summed E-state index contributed by atoms with van der Waals surface area (Å²) in [5.74, 6) is -1.22. The summed E-state index contributed by atoms with van der Waals surface area (Å²) in [6, 6.07) is 6.91. The lowest BCUT2D eigenvalue weighted by molar-refractivity contribution is -0.120. The summed E-state index contributed by atoms with van der Waals surface area (Å²) < 4.78 is 0. The van der Waals surface area contributed by atoms with Crippen LogP contribution in [0.3, 0.4) is 0 Å². The molecule has 0 aliphatic heterocycles. The Morgan fingerprint density at radius 2 is 0.875 bits per heavy atom. The average molecular weight is 328 g/mol. The van der Waals surface area contributed by atoms with Gasteiger partial charge in [0.2, 0.25) is 0 Å². The Morgan fingerprint density at radius 3 is 1.08 bits per heavy atom. The van der Waals surface area contributed by atoms with Crippen molar-refractivity contribution >= 4 is 34.5 Å². The number of hydrogen-bond donors (Lipinski definition) is 2. The second-order valence-electron chi connectivity index (χ2n) is 5.21. The van der Waals surface area contributed by atoms with Crippen molar-refractivity contribution in [1.29, 1.82) is 0 Å². The summed E-state index contributed by atoms with van der Waals surface area (Å²) in [6.45, 7) is 5.32. The Balaban J connectivity index is 2.83. The van der Waals surface area contributed by atoms with E-state index >= 15 is 0 Å². The molecule has 1 aromatic carbocycles. The highest BCUT2D eigenvalue weighted by Crippen LogP contribution is 2.15. The van der Waals surface area contributed by atoms with Gasteiger partial charge in [-0.25, -0.2) is 0 Å². The Bertz CT molecular complexity index is 633. The fraction of sp³-hybridized carbons (Fsp3) is 0.222. The minimum atomic E-state index is -0.306. The normalized spacial score (nSPS) is 9.50. The molecule has 0 aromatic heterocycles. The molecule has 6 heteroatoms. The van der Waals surface area contributed by atoms with Crippen LogP contribution in [-0.4, -0.2) is 23.1 Å². The summed E-state index contributed by atoms with van der Waals surface area (Å²) >= 11 is 0. The molecule has 0 aliphatic rings. The summed E-state index contributed by atoms with van der Waals surface area (Å²) in [4.78, 5) is 45.3. The summed E-state index contributed by atoms with van der Waals surface area (Å²) in [6.07, 6.45) is 2.74. The van der Waals surface area contributed by atoms with E-state index in [0.717, 1.165) is 0 Å². The third kappa shape index (κ3) is 5.64. The molecular formula is C18H20N2O4. The van der Waals surface area contributed by atoms with Crippen LogP contribution in [0, 0.1) is 0 Å². The standard InChI is InChI=1S/C18H20N2O4/c1-11(21)17(12(2)22)9-19-15-5-7-16(8-6-15)20-10-18(13(3)23)14(4)24/h5-10,19-20H,1-4H3. The summed E-state index contributed by atoms with van der Waals surface area (Å²) in [7, 11) is 0. The van der Waals surface area contributed by atoms with Crippen LogP contribution < -0.4 is 10.6 Å². The first-order valence-electron chi connectivity index (χ1n) is 7.29. The largest absolute Gasteiger partial charge is 0.361 e. The third-order valence-corrected chi connectivity index (χ3v) is 3.17. The molecule has 0 heterocycles. The van der Waals surface area contributed by atoms with Crippen molar-refractivity contribution in [3.05, 3.63) is 47.8 Å². The van der Waals surface area contributed by atoms with Crippen LogP contribution >= 0.6 is 0 Å². The second kappa shape index (κ2) is 8.57. The van der Waals surface area contributed by atoms with Crippen LogP contribution in [0.1, 0.15) is 27.7 Å². The monoisotopic (exact) mass is 328 g/mol. The van der Waals surface area contributed by atoms with Gasteiger partial charge in [0, 0.05) is 23.8 Å². The summed E-state index contributed by atoms with van der Waals surface area (Å²) in [5, 5.41) is 5.76. The van der Waals surface area contributed by atoms with Gasteiger partial charge in [-0.15, -0.1) is 0 Å². The first-order valence-corrected chi connectivity index (χ1v) is 7.29. The summed E-state index contributed by atoms with van der Waals surface area (Å²) in [5.41, 5.74) is 1.55. The molecule has 126 valence electrons. The van der Waals surface area contributed by atoms with E-state index in [9.17, 15) is 19.2 Å². The quantitative estimate of drug-likeness (QED) is 0.433. The van der Waals surface area contributed by atoms with E-state index in [1.165, 1.54) is 40.1 Å². The molecule has 0 saturated carbocycles. The number of nitrogens with one attached hydrogen (secondary N) is 2. The zero-order valence-corrected chi connectivity index (χ0v) is 14.1. The molecule has 0 unspecified atom stereocenters. The molecule has 0 aliphatic carbocycles. The highest BCUT2D eigenvalue weighted by atomic mass is 16.2. The lowest BCUT2D eigenvalue weighted by atomic mass is 10.1. The van der Waals surface area contributed by atoms with Gasteiger partial charge in [0.25, 0.3) is 0 Å². The number of rotatable bonds is 8. The Hall–Kier alpha value is -3.02. The smallest absolute Gasteiger partial charge is 0.164 e. The van der Waals surface area contributed by atoms with Crippen LogP contribution in [0.2, 0.25) is 0 Å². The first-order chi connectivity index (χ1) is 11.2. The highest BCUT2D eigenvalue weighted by Gasteiger charge is 2.09. The molecule has 0 bridgehead atoms. The van der Waals surface area contributed by atoms with Crippen LogP contribution in [-0.2, 0) is 19.2 Å². The minimum absolute atomic E-state index is 0.0905. The number of Topliss-reactive ketones (excluding diaryl/α,β-unsaturated/α-hetero) is 4. The zero-order chi connectivity index (χ0) is 18.3. The van der Waals surface area contributed by atoms with Gasteiger partial charge in [0.1, 0.15) is 0 Å². The van der Waals surface area contributed by atoms with Crippen LogP contribution in [0.4, 0.5) is 11.4 Å². The number of benzene rings is 1. The van der Waals surface area contributed by atoms with Gasteiger partial charge in [-0.3, -0.25) is 19.2 Å². The number of carbonyl (C=O) groups excluding carboxylic acids is 4. The first kappa shape index (κ1) is 19.0. The molecule has 0 atom stereocenters. The number of anilines is 2. The molecule has 1 rings (SSSR count). The van der Waals surface area contributed by atoms with Gasteiger partial charge in [0.05, 0.1) is 11.1 Å². The van der Waals surface area contributed by atoms with Gasteiger partial charge in [-0.2, -0.15) is 0 Å². The van der Waals surface area contributed by atoms with Crippen molar-refractivity contribution in [1.82, 2.24) is 0 Å². The van der Waals surface area contributed by atoms with Gasteiger partial charge in [0.15, 0.2) is 23.1 Å². The van der Waals surface area contributed by atoms with E-state index in [1.807, 2.05) is 0 Å². The maximum Gasteiger partial charge on any atom is 0.164 e. The lowest BCUT2D eigenvalue weighted by Crippen LogP contribution is -2.08. The SMILES string of the molecule is CC(=O)C(=CNc1ccc(NC=C(C(C)=O)C(C)=O)cc1)C(C)=O. The second-order valence-corrected chi connectivity index (χ2v) is 5.21. The zero-order valence-electron chi connectivity index (χ0n) is 14.1. The maximum atomic E-state index is 11.3. The number of ketones is 4. The van der Waals surface area contributed by atoms with E-state index in [4.69, 9.17) is 0 Å². The predicted octanol–water partition coefficient (Wildman–Crippen LogP) is 2.63. The topological polar surface area (TPSA) is 92.3 Å². The molecule has 6 nitrogen and oxygen atoms in total. The average Bonchev–Trinajstić information content (AvgIpc) is 2.47. The molecule has 2 N–H and O–H groups in total. The predicted molar refractivity (Wildman–Crippen MR) is 92.6 cm³/mol. The minimum Gasteiger partial charge on any atom is -0.361 e. The van der Waals surface area contributed by atoms with E-state index in [0.29, 0.717) is 11.4 Å². The molecule has 1 aromatic rings. The van der Waals surface area contributed by atoms with Crippen molar-refractivity contribution < 1.29 is 19.2 Å². The third-order valence-electron chi connectivity index (χ3n) is 3.17. The van der Waals surface area contributed by atoms with E-state index in [1.54, 1.807) is 24.3 Å². The Kier molecular flexibility index (Phi) is 6.79. The van der Waals surface area contributed by atoms with E-state index in [-0.39, 0.29) is 34.3 Å². The van der Waals surface area contributed by atoms with E-state index < -0.39 is 0 Å². The van der Waals surface area contributed by atoms with Crippen molar-refractivity contribution in [2.24, 2.45) is 0 Å². The molecule has 0 fully saturated rings. The molecule has 24 heavy (non-hydrogen) atoms. The molecule has 0 spiro atoms. The van der Waals surface area contributed by atoms with Crippen molar-refractivity contribution in [3.63, 3.8) is 0 Å². The Labute approximate surface area is 140 Å². The molecule has 0 radical (unpaired) electrons. The number of carbonyl (C=O) groups is 4. The van der Waals surface area contributed by atoms with Crippen molar-refractivity contribution in [3.8, 4) is 0 Å². The molecule has 0 amide bonds. The van der Waals surface area contributed by atoms with Crippen LogP contribution in [0.15, 0.2) is 47.8 Å². The van der Waals surface area contributed by atoms with Crippen LogP contribution in [0.25, 0.3) is 0 Å². The maximum absolute atomic E-state index is 11.3. The van der Waals surface area contributed by atoms with Crippen molar-refractivity contribution in [2.45, 2.75) is 27.7 Å². The fourth-order valence-corrected chi connectivity index (χ4v) is 1.88. The van der Waals surface area contributed by atoms with Gasteiger partial charge in [-0.1, -0.05) is 0 Å². The van der Waals surface area contributed by atoms with Crippen LogP contribution in [0.5, 0.6) is 0 Å². The van der Waals surface area contributed by atoms with E-state index in [2.05, 4.69) is 10.6 Å². The number of allylic oxidation sites excluding steroid dienone is 2. The Morgan fingerprint density at radius 1 is 0.625 bits per heavy atom. The van der Waals surface area contributed by atoms with Gasteiger partial charge >= 0.3 is 0 Å². The fourth-order valence-electron chi connectivity index (χ4n) is 1.88. The van der Waals surface area contributed by atoms with Crippen molar-refractivity contribution in [2.75, 3.05) is 10.6 Å². The highest BCUT2D eigenvalue weighted by molar-refractivity contribution is 6.19. The molecular weight excluding hydrogens is 308 g/mol. The lowest BCUT2D eigenvalue weighted by Gasteiger charge is -2.06. The molecule has 0 saturated heterocycles. The van der Waals surface area contributed by atoms with Gasteiger partial charge in [-0.05, 0) is 52.0 Å². The van der Waals surface area contributed by atoms with Gasteiger partial charge < -0.3 is 10.6 Å².